The molecular weight excluding hydrogens is 1250 g/mol. The monoisotopic (exact) mass is 1260 g/mol. The SMILES string of the molecule is N#C/C(c1cc(C(F)(F)F)nc(C(F)(F)F)c1)=c1\cc/c(=C(\C#N)c2cc(C(F)(F)F)nc(C(F)(F)F)c2)c(C#N)c1C#N.N#C/C(c1cc(C(F)(F)F)nc(C(F)(F)F)n1)=c1/cc/c(=C(\C#N)c2cc(C(F)(F)F)nc(C(F)(F)F)n2)c(C#N)c1C#N. The van der Waals surface area contributed by atoms with Crippen LogP contribution in [0.1, 0.15) is 90.6 Å². The van der Waals surface area contributed by atoms with Crippen LogP contribution < -0.4 is 20.9 Å². The van der Waals surface area contributed by atoms with E-state index >= 15 is 0 Å². The van der Waals surface area contributed by atoms with E-state index in [1.165, 1.54) is 48.6 Å². The molecule has 0 bridgehead atoms. The van der Waals surface area contributed by atoms with Crippen LogP contribution in [0.3, 0.4) is 0 Å². The molecule has 0 aliphatic carbocycles. The van der Waals surface area contributed by atoms with Gasteiger partial charge in [-0.2, -0.15) is 147 Å². The van der Waals surface area contributed by atoms with Gasteiger partial charge in [-0.1, -0.05) is 24.3 Å². The molecule has 4 heterocycles. The second-order valence-electron chi connectivity index (χ2n) is 16.4. The molecule has 0 spiro atoms. The predicted octanol–water partition coefficient (Wildman–Crippen LogP) is 10.3. The summed E-state index contributed by atoms with van der Waals surface area (Å²) in [6, 6.07) is 13.2. The number of aromatic nitrogens is 6. The van der Waals surface area contributed by atoms with Crippen LogP contribution in [0.25, 0.3) is 22.3 Å². The summed E-state index contributed by atoms with van der Waals surface area (Å²) in [5.74, 6) is -4.67. The maximum absolute atomic E-state index is 13.3. The van der Waals surface area contributed by atoms with Gasteiger partial charge in [-0.25, -0.2) is 29.9 Å². The summed E-state index contributed by atoms with van der Waals surface area (Å²) in [7, 11) is 0. The van der Waals surface area contributed by atoms with Crippen LogP contribution >= 0.6 is 0 Å². The Morgan fingerprint density at radius 1 is 0.261 bits per heavy atom. The zero-order valence-corrected chi connectivity index (χ0v) is 41.1. The lowest BCUT2D eigenvalue weighted by Gasteiger charge is -2.14. The number of hydrogen-bond donors (Lipinski definition) is 0. The Balaban J connectivity index is 0.000000321. The lowest BCUT2D eigenvalue weighted by atomic mass is 9.93. The van der Waals surface area contributed by atoms with Crippen molar-refractivity contribution in [2.24, 2.45) is 0 Å². The van der Waals surface area contributed by atoms with Gasteiger partial charge in [0.25, 0.3) is 0 Å². The number of benzene rings is 2. The van der Waals surface area contributed by atoms with Crippen molar-refractivity contribution >= 4 is 22.3 Å². The van der Waals surface area contributed by atoms with E-state index in [0.29, 0.717) is 24.3 Å². The highest BCUT2D eigenvalue weighted by Gasteiger charge is 2.44. The van der Waals surface area contributed by atoms with E-state index in [2.05, 4.69) is 29.9 Å². The van der Waals surface area contributed by atoms with E-state index in [-0.39, 0.29) is 36.4 Å². The second kappa shape index (κ2) is 23.9. The molecule has 0 atom stereocenters. The fraction of sp³-hybridized carbons (Fsp3) is 0.160. The minimum absolute atomic E-state index is 0.0516. The molecule has 0 unspecified atom stereocenters. The summed E-state index contributed by atoms with van der Waals surface area (Å²) in [5, 5.41) is 74.4. The molecule has 88 heavy (non-hydrogen) atoms. The standard InChI is InChI=1S/C26H6F12N6.C24H4F12N8/c27-23(28,29)19-3-11(4-20(43-19)24(30,31)32)15(7-39)13-1-2-14(18(10-42)17(13)9-41)16(8-40)12-5-21(25(33,34)35)44-22(6-12)26(36,37)38;25-21(26,27)17-3-15(41-19(43-17)23(31,32)33)13(7-39)9-1-2-10(12(6-38)11(9)5-37)14(8-40)16-4-18(22(28,29)30)44-20(42-16)24(34,35)36/h1-6H;1-4H/b15-13-,16-14-;13-9-,14-10+. The van der Waals surface area contributed by atoms with Gasteiger partial charge < -0.3 is 0 Å². The van der Waals surface area contributed by atoms with Gasteiger partial charge in [0.2, 0.25) is 11.6 Å². The summed E-state index contributed by atoms with van der Waals surface area (Å²) in [4.78, 5) is 15.6. The molecule has 0 N–H and O–H groups in total. The Morgan fingerprint density at radius 3 is 0.648 bits per heavy atom. The molecule has 0 aliphatic heterocycles. The fourth-order valence-corrected chi connectivity index (χ4v) is 7.20. The molecule has 14 nitrogen and oxygen atoms in total. The molecule has 448 valence electrons. The number of nitriles is 8. The van der Waals surface area contributed by atoms with Crippen molar-refractivity contribution < 1.29 is 105 Å². The third-order valence-electron chi connectivity index (χ3n) is 10.8. The van der Waals surface area contributed by atoms with Crippen LogP contribution in [0.2, 0.25) is 0 Å². The zero-order chi connectivity index (χ0) is 66.8. The molecule has 0 saturated carbocycles. The molecule has 6 aromatic rings. The molecular formula is C50H10F24N14. The summed E-state index contributed by atoms with van der Waals surface area (Å²) in [6.07, 6.45) is -43.9. The third-order valence-corrected chi connectivity index (χ3v) is 10.8. The van der Waals surface area contributed by atoms with Crippen molar-refractivity contribution in [3.63, 3.8) is 0 Å². The van der Waals surface area contributed by atoms with Gasteiger partial charge in [0.05, 0.1) is 55.9 Å². The van der Waals surface area contributed by atoms with E-state index in [4.69, 9.17) is 0 Å². The van der Waals surface area contributed by atoms with Gasteiger partial charge in [0.15, 0.2) is 0 Å². The Bertz CT molecular complexity index is 3790. The van der Waals surface area contributed by atoms with Crippen molar-refractivity contribution in [1.29, 1.82) is 42.1 Å². The number of pyridine rings is 2. The van der Waals surface area contributed by atoms with Crippen LogP contribution in [0, 0.1) is 90.6 Å². The summed E-state index contributed by atoms with van der Waals surface area (Å²) in [5.41, 5.74) is -25.7. The number of rotatable bonds is 4. The van der Waals surface area contributed by atoms with E-state index in [1.54, 1.807) is 0 Å². The summed E-state index contributed by atoms with van der Waals surface area (Å²) >= 11 is 0. The van der Waals surface area contributed by atoms with Crippen LogP contribution in [0.5, 0.6) is 0 Å². The summed E-state index contributed by atoms with van der Waals surface area (Å²) < 4.78 is 319. The van der Waals surface area contributed by atoms with E-state index in [1.807, 2.05) is 0 Å². The Kier molecular flexibility index (Phi) is 18.3. The zero-order valence-electron chi connectivity index (χ0n) is 41.1. The lowest BCUT2D eigenvalue weighted by molar-refractivity contribution is -0.154. The largest absolute Gasteiger partial charge is 0.451 e. The fourth-order valence-electron chi connectivity index (χ4n) is 7.20. The first kappa shape index (κ1) is 67.4. The van der Waals surface area contributed by atoms with Crippen molar-refractivity contribution in [2.75, 3.05) is 0 Å². The molecule has 0 fully saturated rings. The molecule has 2 aromatic carbocycles. The van der Waals surface area contributed by atoms with Gasteiger partial charge >= 0.3 is 49.4 Å². The van der Waals surface area contributed by atoms with Gasteiger partial charge in [0.1, 0.15) is 82.7 Å². The summed E-state index contributed by atoms with van der Waals surface area (Å²) in [6.45, 7) is 0. The molecule has 38 heteroatoms. The third kappa shape index (κ3) is 14.6. The van der Waals surface area contributed by atoms with E-state index < -0.39 is 183 Å². The molecule has 0 aliphatic rings. The predicted molar refractivity (Wildman–Crippen MR) is 235 cm³/mol. The smallest absolute Gasteiger partial charge is 0.239 e. The molecule has 0 saturated heterocycles. The average molecular weight is 1260 g/mol. The number of nitrogens with zero attached hydrogens (tertiary/aromatic N) is 14. The van der Waals surface area contributed by atoms with Crippen LogP contribution in [0.4, 0.5) is 105 Å². The Labute approximate surface area is 469 Å². The normalized spacial score (nSPS) is 13.6. The number of hydrogen-bond acceptors (Lipinski definition) is 14. The van der Waals surface area contributed by atoms with Gasteiger partial charge in [-0.05, 0) is 47.5 Å². The minimum atomic E-state index is -5.56. The van der Waals surface area contributed by atoms with Crippen LogP contribution in [-0.4, -0.2) is 29.9 Å². The van der Waals surface area contributed by atoms with Crippen molar-refractivity contribution in [1.82, 2.24) is 29.9 Å². The van der Waals surface area contributed by atoms with Gasteiger partial charge in [0, 0.05) is 20.9 Å². The maximum Gasteiger partial charge on any atom is 0.451 e. The van der Waals surface area contributed by atoms with Gasteiger partial charge in [-0.3, -0.25) is 0 Å². The first-order chi connectivity index (χ1) is 40.3. The number of halogens is 24. The minimum Gasteiger partial charge on any atom is -0.239 e. The highest BCUT2D eigenvalue weighted by atomic mass is 19.4. The highest BCUT2D eigenvalue weighted by Crippen LogP contribution is 2.39. The van der Waals surface area contributed by atoms with Crippen molar-refractivity contribution in [3.8, 4) is 48.6 Å². The first-order valence-corrected chi connectivity index (χ1v) is 21.8. The lowest BCUT2D eigenvalue weighted by Crippen LogP contribution is -2.25. The van der Waals surface area contributed by atoms with Crippen LogP contribution in [-0.2, 0) is 49.4 Å². The molecule has 4 aromatic heterocycles. The number of alkyl halides is 24. The molecule has 0 amide bonds. The Hall–Kier alpha value is -11.4. The van der Waals surface area contributed by atoms with Crippen LogP contribution in [0.15, 0.2) is 60.7 Å². The van der Waals surface area contributed by atoms with E-state index in [9.17, 15) is 147 Å². The Morgan fingerprint density at radius 2 is 0.466 bits per heavy atom. The maximum atomic E-state index is 13.3. The average Bonchev–Trinajstić information content (AvgIpc) is 1.44. The van der Waals surface area contributed by atoms with Crippen molar-refractivity contribution in [2.45, 2.75) is 49.4 Å². The van der Waals surface area contributed by atoms with Crippen molar-refractivity contribution in [3.05, 3.63) is 172 Å². The van der Waals surface area contributed by atoms with E-state index in [0.717, 1.165) is 0 Å². The molecule has 0 radical (unpaired) electrons. The molecule has 6 rings (SSSR count). The van der Waals surface area contributed by atoms with Gasteiger partial charge in [-0.15, -0.1) is 0 Å². The quantitative estimate of drug-likeness (QED) is 0.149. The second-order valence-corrected chi connectivity index (χ2v) is 16.4. The first-order valence-electron chi connectivity index (χ1n) is 21.8. The highest BCUT2D eigenvalue weighted by molar-refractivity contribution is 5.82. The topological polar surface area (TPSA) is 268 Å².